The van der Waals surface area contributed by atoms with E-state index in [0.717, 1.165) is 31.5 Å². The van der Waals surface area contributed by atoms with Crippen LogP contribution in [0.2, 0.25) is 0 Å². The molecular weight excluding hydrogens is 313 g/mol. The van der Waals surface area contributed by atoms with Crippen molar-refractivity contribution in [2.75, 3.05) is 23.7 Å². The lowest BCUT2D eigenvalue weighted by Crippen LogP contribution is -2.23. The first-order chi connectivity index (χ1) is 11.4. The van der Waals surface area contributed by atoms with E-state index >= 15 is 4.39 Å². The molecule has 1 fully saturated rings. The van der Waals surface area contributed by atoms with Gasteiger partial charge in [-0.05, 0) is 26.2 Å². The van der Waals surface area contributed by atoms with Gasteiger partial charge in [0.25, 0.3) is 0 Å². The van der Waals surface area contributed by atoms with Crippen molar-refractivity contribution in [1.82, 2.24) is 4.57 Å². The van der Waals surface area contributed by atoms with Gasteiger partial charge < -0.3 is 20.3 Å². The highest BCUT2D eigenvalue weighted by Gasteiger charge is 2.33. The fraction of sp³-hybridized carbons (Fsp3) is 0.412. The summed E-state index contributed by atoms with van der Waals surface area (Å²) in [5.74, 6) is -1.92. The minimum Gasteiger partial charge on any atom is -0.477 e. The van der Waals surface area contributed by atoms with Crippen molar-refractivity contribution in [3.8, 4) is 0 Å². The van der Waals surface area contributed by atoms with Gasteiger partial charge in [0.05, 0.1) is 22.3 Å². The Morgan fingerprint density at radius 2 is 2.04 bits per heavy atom. The zero-order valence-electron chi connectivity index (χ0n) is 13.3. The van der Waals surface area contributed by atoms with E-state index in [9.17, 15) is 14.7 Å². The average molecular weight is 331 g/mol. The van der Waals surface area contributed by atoms with Crippen LogP contribution in [0.4, 0.5) is 15.8 Å². The molecule has 1 saturated heterocycles. The van der Waals surface area contributed by atoms with E-state index in [1.54, 1.807) is 4.57 Å². The van der Waals surface area contributed by atoms with Gasteiger partial charge in [0.1, 0.15) is 5.56 Å². The number of aromatic nitrogens is 1. The quantitative estimate of drug-likeness (QED) is 0.823. The van der Waals surface area contributed by atoms with Gasteiger partial charge in [-0.2, -0.15) is 0 Å². The number of hydrogen-bond donors (Lipinski definition) is 2. The Hall–Kier alpha value is -2.57. The Balaban J connectivity index is 2.15. The van der Waals surface area contributed by atoms with Crippen LogP contribution in [0.1, 0.15) is 41.7 Å². The Morgan fingerprint density at radius 3 is 2.67 bits per heavy atom. The monoisotopic (exact) mass is 331 g/mol. The molecule has 24 heavy (non-hydrogen) atoms. The molecule has 3 heterocycles. The molecule has 1 aromatic heterocycles. The topological polar surface area (TPSA) is 88.6 Å². The number of carbonyl (C=O) groups is 1. The average Bonchev–Trinajstić information content (AvgIpc) is 3.15. The number of hydrogen-bond acceptors (Lipinski definition) is 4. The second kappa shape index (κ2) is 4.96. The van der Waals surface area contributed by atoms with Crippen molar-refractivity contribution in [1.29, 1.82) is 0 Å². The van der Waals surface area contributed by atoms with E-state index in [1.807, 2.05) is 11.8 Å². The maximum atomic E-state index is 15.0. The summed E-state index contributed by atoms with van der Waals surface area (Å²) in [7, 11) is 0. The fourth-order valence-corrected chi connectivity index (χ4v) is 4.03. The Labute approximate surface area is 137 Å². The summed E-state index contributed by atoms with van der Waals surface area (Å²) in [6.45, 7) is 3.46. The molecule has 6 nitrogen and oxygen atoms in total. The first-order valence-corrected chi connectivity index (χ1v) is 8.08. The van der Waals surface area contributed by atoms with E-state index < -0.39 is 17.2 Å². The number of halogens is 1. The van der Waals surface area contributed by atoms with Gasteiger partial charge in [-0.3, -0.25) is 4.79 Å². The second-order valence-corrected chi connectivity index (χ2v) is 6.61. The molecule has 0 radical (unpaired) electrons. The van der Waals surface area contributed by atoms with Gasteiger partial charge >= 0.3 is 5.97 Å². The number of anilines is 2. The fourth-order valence-electron chi connectivity index (χ4n) is 4.03. The maximum Gasteiger partial charge on any atom is 0.341 e. The van der Waals surface area contributed by atoms with Gasteiger partial charge in [-0.25, -0.2) is 9.18 Å². The number of aromatic carboxylic acids is 1. The van der Waals surface area contributed by atoms with Crippen LogP contribution in [-0.4, -0.2) is 28.7 Å². The zero-order chi connectivity index (χ0) is 17.2. The van der Waals surface area contributed by atoms with Gasteiger partial charge in [-0.1, -0.05) is 0 Å². The molecule has 0 aliphatic carbocycles. The summed E-state index contributed by atoms with van der Waals surface area (Å²) in [5, 5.41) is 9.27. The number of carboxylic acids is 1. The van der Waals surface area contributed by atoms with Gasteiger partial charge in [0.2, 0.25) is 5.43 Å². The van der Waals surface area contributed by atoms with Crippen molar-refractivity contribution < 1.29 is 14.3 Å². The van der Waals surface area contributed by atoms with Crippen LogP contribution >= 0.6 is 0 Å². The van der Waals surface area contributed by atoms with Crippen LogP contribution < -0.4 is 16.1 Å². The highest BCUT2D eigenvalue weighted by molar-refractivity contribution is 6.02. The smallest absolute Gasteiger partial charge is 0.341 e. The summed E-state index contributed by atoms with van der Waals surface area (Å²) < 4.78 is 16.8. The molecular formula is C17H18FN3O3. The number of nitrogen functional groups attached to an aromatic ring is 1. The number of nitrogens with two attached hydrogens (primary N) is 1. The second-order valence-electron chi connectivity index (χ2n) is 6.61. The zero-order valence-corrected chi connectivity index (χ0v) is 13.3. The normalized spacial score (nSPS) is 19.4. The van der Waals surface area contributed by atoms with E-state index in [-0.39, 0.29) is 22.7 Å². The van der Waals surface area contributed by atoms with Crippen LogP contribution in [-0.2, 0) is 6.42 Å². The molecule has 0 amide bonds. The largest absolute Gasteiger partial charge is 0.477 e. The Kier molecular flexibility index (Phi) is 3.10. The Morgan fingerprint density at radius 1 is 1.38 bits per heavy atom. The van der Waals surface area contributed by atoms with Crippen molar-refractivity contribution in [3.63, 3.8) is 0 Å². The summed E-state index contributed by atoms with van der Waals surface area (Å²) in [4.78, 5) is 25.9. The number of benzene rings is 1. The van der Waals surface area contributed by atoms with Crippen molar-refractivity contribution in [3.05, 3.63) is 33.4 Å². The Bertz CT molecular complexity index is 945. The van der Waals surface area contributed by atoms with E-state index in [4.69, 9.17) is 5.73 Å². The third-order valence-corrected chi connectivity index (χ3v) is 5.15. The summed E-state index contributed by atoms with van der Waals surface area (Å²) in [6, 6.07) is -0.0521. The van der Waals surface area contributed by atoms with Crippen molar-refractivity contribution in [2.24, 2.45) is 0 Å². The third-order valence-electron chi connectivity index (χ3n) is 5.15. The first-order valence-electron chi connectivity index (χ1n) is 8.08. The SMILES string of the molecule is CC1Cc2c(N3CCCC3)c(F)c(N)c3c(=O)c(C(=O)O)cn1c23. The molecule has 0 bridgehead atoms. The molecule has 1 aromatic carbocycles. The minimum absolute atomic E-state index is 0.00491. The molecule has 0 spiro atoms. The standard InChI is InChI=1S/C17H18FN3O3/c1-8-6-9-14-11(16(22)10(17(23)24)7-21(8)14)13(19)12(18)15(9)20-4-2-3-5-20/h7-8H,2-6,19H2,1H3,(H,23,24). The first kappa shape index (κ1) is 15.0. The molecule has 1 unspecified atom stereocenters. The number of rotatable bonds is 2. The molecule has 2 aliphatic rings. The number of carboxylic acid groups (broad SMARTS) is 1. The van der Waals surface area contributed by atoms with E-state index in [2.05, 4.69) is 0 Å². The van der Waals surface area contributed by atoms with Gasteiger partial charge in [0.15, 0.2) is 5.82 Å². The molecule has 2 aliphatic heterocycles. The number of pyridine rings is 1. The summed E-state index contributed by atoms with van der Waals surface area (Å²) >= 11 is 0. The van der Waals surface area contributed by atoms with E-state index in [1.165, 1.54) is 6.20 Å². The molecule has 2 aromatic rings. The predicted octanol–water partition coefficient (Wildman–Crippen LogP) is 2.14. The lowest BCUT2D eigenvalue weighted by atomic mass is 10.0. The van der Waals surface area contributed by atoms with Gasteiger partial charge in [-0.15, -0.1) is 0 Å². The van der Waals surface area contributed by atoms with Gasteiger partial charge in [0, 0.05) is 30.9 Å². The molecule has 7 heteroatoms. The van der Waals surface area contributed by atoms with Crippen LogP contribution in [0, 0.1) is 5.82 Å². The minimum atomic E-state index is -1.32. The molecule has 3 N–H and O–H groups in total. The predicted molar refractivity (Wildman–Crippen MR) is 89.4 cm³/mol. The number of nitrogens with zero attached hydrogens (tertiary/aromatic N) is 2. The summed E-state index contributed by atoms with van der Waals surface area (Å²) in [5.41, 5.74) is 6.46. The lowest BCUT2D eigenvalue weighted by molar-refractivity contribution is 0.0695. The molecule has 0 saturated carbocycles. The summed E-state index contributed by atoms with van der Waals surface area (Å²) in [6.07, 6.45) is 3.91. The van der Waals surface area contributed by atoms with E-state index in [0.29, 0.717) is 17.6 Å². The maximum absolute atomic E-state index is 15.0. The van der Waals surface area contributed by atoms with Crippen molar-refractivity contribution >= 4 is 28.2 Å². The van der Waals surface area contributed by atoms with Crippen molar-refractivity contribution in [2.45, 2.75) is 32.2 Å². The molecule has 4 rings (SSSR count). The van der Waals surface area contributed by atoms with Crippen LogP contribution in [0.3, 0.4) is 0 Å². The highest BCUT2D eigenvalue weighted by atomic mass is 19.1. The third kappa shape index (κ3) is 1.81. The lowest BCUT2D eigenvalue weighted by Gasteiger charge is -2.23. The molecule has 1 atom stereocenters. The van der Waals surface area contributed by atoms with Crippen LogP contribution in [0.15, 0.2) is 11.0 Å². The van der Waals surface area contributed by atoms with Crippen LogP contribution in [0.5, 0.6) is 0 Å². The highest BCUT2D eigenvalue weighted by Crippen LogP contribution is 2.43. The molecule has 126 valence electrons. The van der Waals surface area contributed by atoms with Crippen LogP contribution in [0.25, 0.3) is 10.9 Å².